The van der Waals surface area contributed by atoms with Gasteiger partial charge in [-0.1, -0.05) is 34.8 Å². The van der Waals surface area contributed by atoms with Gasteiger partial charge in [0.05, 0.1) is 5.02 Å². The Bertz CT molecular complexity index is 617. The summed E-state index contributed by atoms with van der Waals surface area (Å²) in [6.07, 6.45) is 0. The minimum absolute atomic E-state index is 0.0278. The van der Waals surface area contributed by atoms with E-state index < -0.39 is 9.05 Å². The summed E-state index contributed by atoms with van der Waals surface area (Å²) in [4.78, 5) is -0.317. The Hall–Kier alpha value is 0.510. The number of thiophene rings is 2. The van der Waals surface area contributed by atoms with Gasteiger partial charge < -0.3 is 0 Å². The van der Waals surface area contributed by atoms with E-state index in [9.17, 15) is 8.42 Å². The molecule has 0 spiro atoms. The zero-order chi connectivity index (χ0) is 13.9. The zero-order valence-corrected chi connectivity index (χ0v) is 14.3. The molecule has 0 bridgehead atoms. The molecule has 0 saturated heterocycles. The first-order valence-corrected chi connectivity index (χ1v) is 9.50. The lowest BCUT2D eigenvalue weighted by atomic mass is 10.4. The van der Waals surface area contributed by atoms with Gasteiger partial charge in [-0.25, -0.2) is 8.42 Å². The maximum atomic E-state index is 10.8. The average molecular weight is 384 g/mol. The fourth-order valence-corrected chi connectivity index (χ4v) is 5.70. The van der Waals surface area contributed by atoms with Crippen molar-refractivity contribution in [2.45, 2.75) is 11.8 Å². The molecular formula is C9H6Cl4O2S3. The summed E-state index contributed by atoms with van der Waals surface area (Å²) in [7, 11) is 1.12. The second-order valence-electron chi connectivity index (χ2n) is 3.03. The Morgan fingerprint density at radius 1 is 1.17 bits per heavy atom. The predicted octanol–water partition coefficient (Wildman–Crippen LogP) is 5.69. The normalized spacial score (nSPS) is 10.9. The fourth-order valence-electron chi connectivity index (χ4n) is 0.881. The van der Waals surface area contributed by atoms with Crippen LogP contribution in [0.2, 0.25) is 13.7 Å². The van der Waals surface area contributed by atoms with Gasteiger partial charge >= 0.3 is 0 Å². The maximum absolute atomic E-state index is 10.8. The Balaban J connectivity index is 0.000000225. The van der Waals surface area contributed by atoms with Crippen LogP contribution in [0.15, 0.2) is 21.7 Å². The standard InChI is InChI=1S/C5H6S.C4Cl4O2S2/c1-5-2-3-6-4-5;5-1-2(12(8,9)10)4(7)11-3(1)6/h2-4H,1H3;. The average Bonchev–Trinajstić information content (AvgIpc) is 2.75. The molecule has 2 aromatic rings. The van der Waals surface area contributed by atoms with Crippen LogP contribution in [0.1, 0.15) is 5.56 Å². The second kappa shape index (κ2) is 6.79. The summed E-state index contributed by atoms with van der Waals surface area (Å²) >= 11 is 19.2. The summed E-state index contributed by atoms with van der Waals surface area (Å²) in [5, 5.41) is 4.08. The van der Waals surface area contributed by atoms with Crippen molar-refractivity contribution in [1.82, 2.24) is 0 Å². The molecule has 0 saturated carbocycles. The molecule has 0 aromatic carbocycles. The molecule has 2 nitrogen and oxygen atoms in total. The molecule has 100 valence electrons. The van der Waals surface area contributed by atoms with Crippen LogP contribution >= 0.6 is 68.2 Å². The minimum atomic E-state index is -3.91. The summed E-state index contributed by atoms with van der Waals surface area (Å²) < 4.78 is 21.7. The van der Waals surface area contributed by atoms with E-state index in [0.717, 1.165) is 11.3 Å². The number of halogens is 4. The third kappa shape index (κ3) is 4.56. The molecular weight excluding hydrogens is 378 g/mol. The molecule has 0 aliphatic carbocycles. The molecule has 0 amide bonds. The molecule has 0 fully saturated rings. The van der Waals surface area contributed by atoms with E-state index >= 15 is 0 Å². The third-order valence-corrected chi connectivity index (χ3v) is 6.34. The Labute approximate surface area is 132 Å². The van der Waals surface area contributed by atoms with Crippen LogP contribution in [0.4, 0.5) is 0 Å². The maximum Gasteiger partial charge on any atom is 0.265 e. The van der Waals surface area contributed by atoms with Gasteiger partial charge in [0.1, 0.15) is 13.6 Å². The van der Waals surface area contributed by atoms with E-state index in [0.29, 0.717) is 0 Å². The first-order valence-electron chi connectivity index (χ1n) is 4.30. The van der Waals surface area contributed by atoms with Crippen molar-refractivity contribution in [2.75, 3.05) is 0 Å². The van der Waals surface area contributed by atoms with Gasteiger partial charge in [0.15, 0.2) is 0 Å². The van der Waals surface area contributed by atoms with Crippen molar-refractivity contribution in [3.63, 3.8) is 0 Å². The highest BCUT2D eigenvalue weighted by Crippen LogP contribution is 2.43. The smallest absolute Gasteiger partial charge is 0.207 e. The lowest BCUT2D eigenvalue weighted by molar-refractivity contribution is 0.610. The topological polar surface area (TPSA) is 34.1 Å². The van der Waals surface area contributed by atoms with Crippen molar-refractivity contribution in [1.29, 1.82) is 0 Å². The Kier molecular flexibility index (Phi) is 6.25. The molecule has 0 aliphatic rings. The van der Waals surface area contributed by atoms with E-state index in [1.807, 2.05) is 0 Å². The first-order chi connectivity index (χ1) is 8.23. The van der Waals surface area contributed by atoms with Crippen LogP contribution in [0, 0.1) is 6.92 Å². The lowest BCUT2D eigenvalue weighted by Crippen LogP contribution is -1.88. The van der Waals surface area contributed by atoms with Crippen molar-refractivity contribution in [2.24, 2.45) is 0 Å². The Morgan fingerprint density at radius 2 is 1.78 bits per heavy atom. The number of rotatable bonds is 1. The van der Waals surface area contributed by atoms with E-state index in [1.165, 1.54) is 5.56 Å². The summed E-state index contributed by atoms with van der Waals surface area (Å²) in [6, 6.07) is 2.10. The number of hydrogen-bond donors (Lipinski definition) is 0. The van der Waals surface area contributed by atoms with Crippen molar-refractivity contribution < 1.29 is 8.42 Å². The van der Waals surface area contributed by atoms with Crippen LogP contribution in [0.5, 0.6) is 0 Å². The van der Waals surface area contributed by atoms with Crippen molar-refractivity contribution in [3.8, 4) is 0 Å². The predicted molar refractivity (Wildman–Crippen MR) is 81.4 cm³/mol. The highest BCUT2D eigenvalue weighted by atomic mass is 35.7. The molecule has 0 aliphatic heterocycles. The summed E-state index contributed by atoms with van der Waals surface area (Å²) in [6.45, 7) is 2.09. The largest absolute Gasteiger partial charge is 0.265 e. The van der Waals surface area contributed by atoms with Crippen LogP contribution in [-0.2, 0) is 9.05 Å². The van der Waals surface area contributed by atoms with Gasteiger partial charge in [0.25, 0.3) is 9.05 Å². The molecule has 2 aromatic heterocycles. The molecule has 0 atom stereocenters. The monoisotopic (exact) mass is 382 g/mol. The Morgan fingerprint density at radius 3 is 1.94 bits per heavy atom. The van der Waals surface area contributed by atoms with E-state index in [2.05, 4.69) is 23.8 Å². The van der Waals surface area contributed by atoms with Crippen LogP contribution < -0.4 is 0 Å². The van der Waals surface area contributed by atoms with Crippen molar-refractivity contribution in [3.05, 3.63) is 36.1 Å². The molecule has 0 N–H and O–H groups in total. The molecule has 0 radical (unpaired) electrons. The third-order valence-electron chi connectivity index (χ3n) is 1.64. The number of aryl methyl sites for hydroxylation is 1. The minimum Gasteiger partial charge on any atom is -0.207 e. The van der Waals surface area contributed by atoms with Gasteiger partial charge in [-0.3, -0.25) is 0 Å². The van der Waals surface area contributed by atoms with Gasteiger partial charge in [-0.2, -0.15) is 11.3 Å². The number of hydrogen-bond acceptors (Lipinski definition) is 4. The van der Waals surface area contributed by atoms with Gasteiger partial charge in [0.2, 0.25) is 0 Å². The van der Waals surface area contributed by atoms with E-state index in [1.54, 1.807) is 11.3 Å². The SMILES string of the molecule is Cc1ccsc1.O=S(=O)(Cl)c1c(Cl)sc(Cl)c1Cl. The quantitative estimate of drug-likeness (QED) is 0.592. The van der Waals surface area contributed by atoms with E-state index in [-0.39, 0.29) is 18.6 Å². The van der Waals surface area contributed by atoms with Gasteiger partial charge in [-0.05, 0) is 29.3 Å². The highest BCUT2D eigenvalue weighted by molar-refractivity contribution is 8.14. The molecule has 2 heterocycles. The van der Waals surface area contributed by atoms with Crippen LogP contribution in [-0.4, -0.2) is 8.42 Å². The van der Waals surface area contributed by atoms with Gasteiger partial charge in [0, 0.05) is 10.7 Å². The fraction of sp³-hybridized carbons (Fsp3) is 0.111. The summed E-state index contributed by atoms with van der Waals surface area (Å²) in [5.41, 5.74) is 1.36. The lowest BCUT2D eigenvalue weighted by Gasteiger charge is -1.91. The second-order valence-corrected chi connectivity index (χ2v) is 8.92. The van der Waals surface area contributed by atoms with Gasteiger partial charge in [-0.15, -0.1) is 11.3 Å². The summed E-state index contributed by atoms with van der Waals surface area (Å²) in [5.74, 6) is 0. The van der Waals surface area contributed by atoms with Crippen LogP contribution in [0.3, 0.4) is 0 Å². The van der Waals surface area contributed by atoms with E-state index in [4.69, 9.17) is 45.5 Å². The molecule has 9 heteroatoms. The molecule has 2 rings (SSSR count). The zero-order valence-electron chi connectivity index (χ0n) is 8.79. The molecule has 0 unspecified atom stereocenters. The van der Waals surface area contributed by atoms with Crippen LogP contribution in [0.25, 0.3) is 0 Å². The first kappa shape index (κ1) is 16.6. The highest BCUT2D eigenvalue weighted by Gasteiger charge is 2.24. The molecule has 18 heavy (non-hydrogen) atoms. The van der Waals surface area contributed by atoms with Crippen molar-refractivity contribution >= 4 is 77.2 Å².